The highest BCUT2D eigenvalue weighted by molar-refractivity contribution is 7.89. The SMILES string of the molecule is C[C@H]1CCc2sc(C(=O)NNS(=O)(=O)c3ccc4c(c3)OCCO4)cc2C1. The van der Waals surface area contributed by atoms with Crippen molar-refractivity contribution in [3.8, 4) is 11.5 Å². The van der Waals surface area contributed by atoms with Crippen LogP contribution >= 0.6 is 11.3 Å². The van der Waals surface area contributed by atoms with Gasteiger partial charge < -0.3 is 9.47 Å². The van der Waals surface area contributed by atoms with E-state index >= 15 is 0 Å². The summed E-state index contributed by atoms with van der Waals surface area (Å²) in [6.07, 6.45) is 3.05. The summed E-state index contributed by atoms with van der Waals surface area (Å²) in [4.78, 5) is 16.3. The van der Waals surface area contributed by atoms with E-state index in [4.69, 9.17) is 9.47 Å². The Morgan fingerprint density at radius 1 is 1.19 bits per heavy atom. The van der Waals surface area contributed by atoms with Gasteiger partial charge in [-0.15, -0.1) is 16.2 Å². The zero-order chi connectivity index (χ0) is 19.0. The van der Waals surface area contributed by atoms with Crippen molar-refractivity contribution in [3.63, 3.8) is 0 Å². The highest BCUT2D eigenvalue weighted by Gasteiger charge is 2.23. The van der Waals surface area contributed by atoms with Gasteiger partial charge in [0.2, 0.25) is 0 Å². The molecule has 0 saturated carbocycles. The van der Waals surface area contributed by atoms with Crippen LogP contribution in [0.3, 0.4) is 0 Å². The van der Waals surface area contributed by atoms with Crippen LogP contribution in [0.4, 0.5) is 0 Å². The number of carbonyl (C=O) groups excluding carboxylic acids is 1. The molecule has 0 unspecified atom stereocenters. The van der Waals surface area contributed by atoms with Gasteiger partial charge in [-0.2, -0.15) is 0 Å². The van der Waals surface area contributed by atoms with E-state index in [9.17, 15) is 13.2 Å². The third-order valence-corrected chi connectivity index (χ3v) is 7.16. The van der Waals surface area contributed by atoms with Crippen LogP contribution < -0.4 is 19.7 Å². The number of nitrogens with one attached hydrogen (secondary N) is 2. The number of aryl methyl sites for hydroxylation is 1. The highest BCUT2D eigenvalue weighted by atomic mass is 32.2. The molecule has 0 fully saturated rings. The maximum Gasteiger partial charge on any atom is 0.276 e. The maximum absolute atomic E-state index is 12.5. The first kappa shape index (κ1) is 18.3. The molecule has 2 N–H and O–H groups in total. The molecule has 1 amide bonds. The predicted octanol–water partition coefficient (Wildman–Crippen LogP) is 2.27. The predicted molar refractivity (Wildman–Crippen MR) is 101 cm³/mol. The van der Waals surface area contributed by atoms with E-state index in [0.29, 0.717) is 35.5 Å². The second kappa shape index (κ2) is 7.14. The third-order valence-electron chi connectivity index (χ3n) is 4.68. The molecule has 0 bridgehead atoms. The van der Waals surface area contributed by atoms with Gasteiger partial charge in [-0.25, -0.2) is 8.42 Å². The minimum atomic E-state index is -3.92. The first-order chi connectivity index (χ1) is 12.9. The number of sulfonamides is 1. The Hall–Kier alpha value is -2.10. The first-order valence-corrected chi connectivity index (χ1v) is 11.1. The summed E-state index contributed by atoms with van der Waals surface area (Å²) in [7, 11) is -3.92. The molecule has 1 atom stereocenters. The van der Waals surface area contributed by atoms with E-state index in [-0.39, 0.29) is 4.90 Å². The lowest BCUT2D eigenvalue weighted by atomic mass is 9.90. The Balaban J connectivity index is 1.45. The van der Waals surface area contributed by atoms with E-state index in [2.05, 4.69) is 17.2 Å². The van der Waals surface area contributed by atoms with Gasteiger partial charge in [-0.1, -0.05) is 6.92 Å². The molecule has 2 heterocycles. The average Bonchev–Trinajstić information content (AvgIpc) is 3.09. The van der Waals surface area contributed by atoms with Gasteiger partial charge in [-0.05, 0) is 48.9 Å². The molecule has 0 spiro atoms. The molecule has 7 nitrogen and oxygen atoms in total. The number of hydrogen-bond acceptors (Lipinski definition) is 6. The maximum atomic E-state index is 12.5. The quantitative estimate of drug-likeness (QED) is 0.757. The Bertz CT molecular complexity index is 984. The van der Waals surface area contributed by atoms with Crippen molar-refractivity contribution >= 4 is 27.3 Å². The van der Waals surface area contributed by atoms with E-state index in [0.717, 1.165) is 19.3 Å². The normalized spacial score (nSPS) is 18.6. The summed E-state index contributed by atoms with van der Waals surface area (Å²) in [5.74, 6) is 1.03. The van der Waals surface area contributed by atoms with Gasteiger partial charge in [0.05, 0.1) is 9.77 Å². The molecule has 1 aromatic carbocycles. The van der Waals surface area contributed by atoms with Crippen LogP contribution in [-0.4, -0.2) is 27.5 Å². The number of benzene rings is 1. The van der Waals surface area contributed by atoms with E-state index in [1.54, 1.807) is 6.07 Å². The summed E-state index contributed by atoms with van der Waals surface area (Å²) in [5, 5.41) is 0. The number of carbonyl (C=O) groups is 1. The molecular formula is C18H20N2O5S2. The van der Waals surface area contributed by atoms with Crippen LogP contribution in [0.2, 0.25) is 0 Å². The number of ether oxygens (including phenoxy) is 2. The zero-order valence-electron chi connectivity index (χ0n) is 14.8. The fourth-order valence-electron chi connectivity index (χ4n) is 3.24. The van der Waals surface area contributed by atoms with Gasteiger partial charge in [-0.3, -0.25) is 10.2 Å². The molecule has 1 aromatic heterocycles. The molecule has 9 heteroatoms. The molecule has 0 saturated heterocycles. The Labute approximate surface area is 161 Å². The Morgan fingerprint density at radius 3 is 2.78 bits per heavy atom. The third kappa shape index (κ3) is 3.80. The minimum Gasteiger partial charge on any atom is -0.486 e. The van der Waals surface area contributed by atoms with Crippen LogP contribution in [0.15, 0.2) is 29.2 Å². The van der Waals surface area contributed by atoms with Crippen molar-refractivity contribution in [1.82, 2.24) is 10.3 Å². The number of amides is 1. The van der Waals surface area contributed by atoms with E-state index in [1.165, 1.54) is 33.9 Å². The van der Waals surface area contributed by atoms with Crippen LogP contribution in [0.5, 0.6) is 11.5 Å². The van der Waals surface area contributed by atoms with Crippen molar-refractivity contribution in [1.29, 1.82) is 0 Å². The summed E-state index contributed by atoms with van der Waals surface area (Å²) in [5.41, 5.74) is 3.49. The van der Waals surface area contributed by atoms with Crippen molar-refractivity contribution in [2.24, 2.45) is 5.92 Å². The molecule has 144 valence electrons. The molecule has 0 radical (unpaired) electrons. The smallest absolute Gasteiger partial charge is 0.276 e. The lowest BCUT2D eigenvalue weighted by Gasteiger charge is -2.18. The number of thiophene rings is 1. The van der Waals surface area contributed by atoms with Gasteiger partial charge in [0.25, 0.3) is 15.9 Å². The molecule has 1 aliphatic carbocycles. The fourth-order valence-corrected chi connectivity index (χ4v) is 5.20. The van der Waals surface area contributed by atoms with Crippen LogP contribution in [0.1, 0.15) is 33.5 Å². The van der Waals surface area contributed by atoms with Crippen molar-refractivity contribution in [2.75, 3.05) is 13.2 Å². The molecule has 1 aliphatic heterocycles. The number of fused-ring (bicyclic) bond motifs is 2. The fraction of sp³-hybridized carbons (Fsp3) is 0.389. The molecule has 4 rings (SSSR count). The van der Waals surface area contributed by atoms with Crippen molar-refractivity contribution in [2.45, 2.75) is 31.1 Å². The Kier molecular flexibility index (Phi) is 4.83. The van der Waals surface area contributed by atoms with E-state index in [1.807, 2.05) is 6.07 Å². The molecule has 27 heavy (non-hydrogen) atoms. The molecule has 2 aliphatic rings. The summed E-state index contributed by atoms with van der Waals surface area (Å²) in [6.45, 7) is 2.99. The number of hydrogen-bond donors (Lipinski definition) is 2. The van der Waals surface area contributed by atoms with Crippen LogP contribution in [0, 0.1) is 5.92 Å². The van der Waals surface area contributed by atoms with E-state index < -0.39 is 15.9 Å². The van der Waals surface area contributed by atoms with Crippen LogP contribution in [-0.2, 0) is 22.9 Å². The Morgan fingerprint density at radius 2 is 1.96 bits per heavy atom. The van der Waals surface area contributed by atoms with Gasteiger partial charge >= 0.3 is 0 Å². The van der Waals surface area contributed by atoms with Crippen molar-refractivity contribution in [3.05, 3.63) is 39.6 Å². The van der Waals surface area contributed by atoms with Crippen molar-refractivity contribution < 1.29 is 22.7 Å². The average molecular weight is 409 g/mol. The summed E-state index contributed by atoms with van der Waals surface area (Å²) >= 11 is 1.43. The van der Waals surface area contributed by atoms with Gasteiger partial charge in [0.15, 0.2) is 11.5 Å². The van der Waals surface area contributed by atoms with Crippen LogP contribution in [0.25, 0.3) is 0 Å². The summed E-state index contributed by atoms with van der Waals surface area (Å²) in [6, 6.07) is 6.20. The number of rotatable bonds is 4. The largest absolute Gasteiger partial charge is 0.486 e. The first-order valence-electron chi connectivity index (χ1n) is 8.76. The monoisotopic (exact) mass is 408 g/mol. The second-order valence-corrected chi connectivity index (χ2v) is 9.59. The lowest BCUT2D eigenvalue weighted by Crippen LogP contribution is -2.41. The second-order valence-electron chi connectivity index (χ2n) is 6.77. The molecular weight excluding hydrogens is 388 g/mol. The zero-order valence-corrected chi connectivity index (χ0v) is 16.4. The lowest BCUT2D eigenvalue weighted by molar-refractivity contribution is 0.0949. The minimum absolute atomic E-state index is 0.00801. The van der Waals surface area contributed by atoms with Gasteiger partial charge in [0.1, 0.15) is 13.2 Å². The summed E-state index contributed by atoms with van der Waals surface area (Å²) < 4.78 is 35.7. The standard InChI is InChI=1S/C18H20N2O5S2/c1-11-2-5-16-12(8-11)9-17(26-16)18(21)19-20-27(22,23)13-3-4-14-15(10-13)25-7-6-24-14/h3-4,9-11,20H,2,5-8H2,1H3,(H,19,21)/t11-/m0/s1. The van der Waals surface area contributed by atoms with Gasteiger partial charge in [0, 0.05) is 10.9 Å². The highest BCUT2D eigenvalue weighted by Crippen LogP contribution is 2.33. The number of hydrazine groups is 1. The topological polar surface area (TPSA) is 93.7 Å². The molecule has 2 aromatic rings.